The van der Waals surface area contributed by atoms with Crippen molar-refractivity contribution in [1.29, 1.82) is 0 Å². The van der Waals surface area contributed by atoms with Crippen molar-refractivity contribution in [3.63, 3.8) is 0 Å². The Hall–Kier alpha value is -3.16. The van der Waals surface area contributed by atoms with Gasteiger partial charge in [0.1, 0.15) is 0 Å². The minimum atomic E-state index is -4.04. The molecule has 0 spiro atoms. The summed E-state index contributed by atoms with van der Waals surface area (Å²) in [6.07, 6.45) is 3.29. The summed E-state index contributed by atoms with van der Waals surface area (Å²) in [4.78, 5) is 27.9. The van der Waals surface area contributed by atoms with Gasteiger partial charge in [0.2, 0.25) is 0 Å². The number of benzene rings is 2. The number of carbonyl (C=O) groups excluding carboxylic acids is 2. The second-order valence-corrected chi connectivity index (χ2v) is 11.7. The lowest BCUT2D eigenvalue weighted by atomic mass is 9.87. The van der Waals surface area contributed by atoms with E-state index in [0.717, 1.165) is 21.6 Å². The Labute approximate surface area is 212 Å². The van der Waals surface area contributed by atoms with Gasteiger partial charge >= 0.3 is 0 Å². The molecule has 2 aromatic carbocycles. The van der Waals surface area contributed by atoms with Crippen LogP contribution in [0.5, 0.6) is 0 Å². The van der Waals surface area contributed by atoms with Crippen molar-refractivity contribution < 1.29 is 18.0 Å². The topological polar surface area (TPSA) is 83.6 Å². The number of amides is 2. The second kappa shape index (κ2) is 9.47. The Morgan fingerprint density at radius 1 is 0.971 bits per heavy atom. The number of sulfonamides is 1. The normalized spacial score (nSPS) is 14.1. The fourth-order valence-electron chi connectivity index (χ4n) is 3.67. The number of hydrogen-bond acceptors (Lipinski definition) is 4. The number of imide groups is 1. The number of hydrogen-bond donors (Lipinski definition) is 1. The van der Waals surface area contributed by atoms with Gasteiger partial charge in [0.15, 0.2) is 0 Å². The van der Waals surface area contributed by atoms with E-state index in [1.807, 2.05) is 20.8 Å². The number of anilines is 1. The summed E-state index contributed by atoms with van der Waals surface area (Å²) in [5.41, 5.74) is 2.58. The molecule has 0 saturated carbocycles. The summed E-state index contributed by atoms with van der Waals surface area (Å²) in [5, 5.41) is 0.0656. The van der Waals surface area contributed by atoms with Crippen LogP contribution in [0.3, 0.4) is 0 Å². The first-order valence-corrected chi connectivity index (χ1v) is 12.9. The molecular weight excluding hydrogens is 484 g/mol. The molecule has 184 valence electrons. The molecule has 0 bridgehead atoms. The van der Waals surface area contributed by atoms with Gasteiger partial charge in [-0.15, -0.1) is 0 Å². The maximum absolute atomic E-state index is 13.5. The Kier molecular flexibility index (Phi) is 7.16. The number of nitrogens with one attached hydrogen (secondary N) is 1. The van der Waals surface area contributed by atoms with Crippen molar-refractivity contribution >= 4 is 39.1 Å². The molecule has 6 nitrogen and oxygen atoms in total. The summed E-state index contributed by atoms with van der Waals surface area (Å²) in [6.45, 7) is 15.2. The van der Waals surface area contributed by atoms with Crippen molar-refractivity contribution in [3.8, 4) is 0 Å². The van der Waals surface area contributed by atoms with Gasteiger partial charge in [-0.25, -0.2) is 13.3 Å². The molecule has 0 atom stereocenters. The summed E-state index contributed by atoms with van der Waals surface area (Å²) >= 11 is 6.31. The molecule has 1 N–H and O–H groups in total. The predicted molar refractivity (Wildman–Crippen MR) is 140 cm³/mol. The summed E-state index contributed by atoms with van der Waals surface area (Å²) < 4.78 is 28.8. The maximum atomic E-state index is 13.5. The fraction of sp³-hybridized carbons (Fsp3) is 0.259. The van der Waals surface area contributed by atoms with Crippen LogP contribution in [0.2, 0.25) is 5.02 Å². The second-order valence-electron chi connectivity index (χ2n) is 9.65. The first-order valence-electron chi connectivity index (χ1n) is 11.0. The number of fused-ring (bicyclic) bond motifs is 1. The van der Waals surface area contributed by atoms with E-state index in [1.165, 1.54) is 24.3 Å². The van der Waals surface area contributed by atoms with Gasteiger partial charge in [0, 0.05) is 0 Å². The van der Waals surface area contributed by atoms with Gasteiger partial charge in [-0.2, -0.15) is 0 Å². The lowest BCUT2D eigenvalue weighted by Gasteiger charge is -2.19. The van der Waals surface area contributed by atoms with E-state index in [9.17, 15) is 18.0 Å². The Balaban J connectivity index is 2.08. The van der Waals surface area contributed by atoms with Crippen molar-refractivity contribution in [2.24, 2.45) is 0 Å². The van der Waals surface area contributed by atoms with Crippen LogP contribution >= 0.6 is 11.6 Å². The first kappa shape index (κ1) is 26.4. The third-order valence-corrected chi connectivity index (χ3v) is 7.40. The SMILES string of the molecule is C=C/C(C)=C\C(=C(C)C)N1C(=O)c2c(Cl)ccc(NS(=O)(=O)c3ccc(C(C)(C)C)cc3)c2C1=O. The number of halogens is 1. The van der Waals surface area contributed by atoms with Crippen molar-refractivity contribution in [1.82, 2.24) is 4.90 Å². The molecule has 2 aromatic rings. The van der Waals surface area contributed by atoms with Crippen LogP contribution in [0.4, 0.5) is 5.69 Å². The number of rotatable bonds is 6. The van der Waals surface area contributed by atoms with E-state index < -0.39 is 21.8 Å². The number of carbonyl (C=O) groups is 2. The summed E-state index contributed by atoms with van der Waals surface area (Å²) in [5.74, 6) is -1.27. The number of nitrogens with zero attached hydrogens (tertiary/aromatic N) is 1. The highest BCUT2D eigenvalue weighted by molar-refractivity contribution is 7.92. The van der Waals surface area contributed by atoms with Gasteiger partial charge in [-0.05, 0) is 67.7 Å². The van der Waals surface area contributed by atoms with Crippen molar-refractivity contribution in [2.45, 2.75) is 51.9 Å². The fourth-order valence-corrected chi connectivity index (χ4v) is 4.98. The molecule has 8 heteroatoms. The van der Waals surface area contributed by atoms with Crippen LogP contribution in [0.15, 0.2) is 76.9 Å². The molecule has 1 heterocycles. The largest absolute Gasteiger partial charge is 0.279 e. The Morgan fingerprint density at radius 2 is 1.54 bits per heavy atom. The summed E-state index contributed by atoms with van der Waals surface area (Å²) in [6, 6.07) is 9.34. The van der Waals surface area contributed by atoms with E-state index >= 15 is 0 Å². The lowest BCUT2D eigenvalue weighted by molar-refractivity contribution is 0.0708. The van der Waals surface area contributed by atoms with Gasteiger partial charge in [-0.3, -0.25) is 14.3 Å². The van der Waals surface area contributed by atoms with Gasteiger partial charge in [-0.1, -0.05) is 62.7 Å². The molecule has 1 aliphatic rings. The molecule has 0 radical (unpaired) electrons. The highest BCUT2D eigenvalue weighted by Gasteiger charge is 2.42. The smallest absolute Gasteiger partial charge is 0.268 e. The van der Waals surface area contributed by atoms with Crippen LogP contribution in [0.25, 0.3) is 0 Å². The van der Waals surface area contributed by atoms with E-state index in [1.54, 1.807) is 45.1 Å². The maximum Gasteiger partial charge on any atom is 0.268 e. The van der Waals surface area contributed by atoms with Crippen LogP contribution in [0.1, 0.15) is 67.8 Å². The van der Waals surface area contributed by atoms with Crippen LogP contribution in [0, 0.1) is 0 Å². The molecule has 2 amide bonds. The first-order chi connectivity index (χ1) is 16.2. The highest BCUT2D eigenvalue weighted by Crippen LogP contribution is 2.38. The van der Waals surface area contributed by atoms with Gasteiger partial charge < -0.3 is 0 Å². The Bertz CT molecular complexity index is 1390. The molecule has 1 aliphatic heterocycles. The molecule has 3 rings (SSSR count). The van der Waals surface area contributed by atoms with E-state index in [0.29, 0.717) is 5.70 Å². The number of allylic oxidation sites excluding steroid dienone is 4. The monoisotopic (exact) mass is 512 g/mol. The molecule has 35 heavy (non-hydrogen) atoms. The molecule has 0 aliphatic carbocycles. The van der Waals surface area contributed by atoms with Crippen molar-refractivity contribution in [3.05, 3.63) is 93.7 Å². The molecule has 0 saturated heterocycles. The molecule has 0 unspecified atom stereocenters. The zero-order valence-corrected chi connectivity index (χ0v) is 22.3. The quantitative estimate of drug-likeness (QED) is 0.355. The predicted octanol–water partition coefficient (Wildman–Crippen LogP) is 6.46. The van der Waals surface area contributed by atoms with Gasteiger partial charge in [0.05, 0.1) is 32.4 Å². The van der Waals surface area contributed by atoms with E-state index in [4.69, 9.17) is 11.6 Å². The van der Waals surface area contributed by atoms with Crippen LogP contribution in [-0.4, -0.2) is 25.1 Å². The van der Waals surface area contributed by atoms with Crippen molar-refractivity contribution in [2.75, 3.05) is 4.72 Å². The van der Waals surface area contributed by atoms with Gasteiger partial charge in [0.25, 0.3) is 21.8 Å². The highest BCUT2D eigenvalue weighted by atomic mass is 35.5. The lowest BCUT2D eigenvalue weighted by Crippen LogP contribution is -2.29. The molecule has 0 fully saturated rings. The van der Waals surface area contributed by atoms with E-state index in [2.05, 4.69) is 11.3 Å². The Morgan fingerprint density at radius 3 is 2.06 bits per heavy atom. The average Bonchev–Trinajstić information content (AvgIpc) is 3.04. The van der Waals surface area contributed by atoms with Crippen LogP contribution < -0.4 is 4.72 Å². The van der Waals surface area contributed by atoms with Crippen LogP contribution in [-0.2, 0) is 15.4 Å². The zero-order valence-electron chi connectivity index (χ0n) is 20.7. The molecular formula is C27H29ClN2O4S. The van der Waals surface area contributed by atoms with E-state index in [-0.39, 0.29) is 32.1 Å². The molecule has 0 aromatic heterocycles. The summed E-state index contributed by atoms with van der Waals surface area (Å²) in [7, 11) is -4.04. The average molecular weight is 513 g/mol. The minimum absolute atomic E-state index is 0.0114. The zero-order chi connectivity index (χ0) is 26.3. The standard InChI is InChI=1S/C27H29ClN2O4S/c1-8-17(4)15-22(16(2)3)30-25(31)23-20(28)13-14-21(24(23)26(30)32)29-35(33,34)19-11-9-18(10-12-19)27(5,6)7/h8-15,29H,1H2,2-7H3/b17-15-. The minimum Gasteiger partial charge on any atom is -0.279 e. The third kappa shape index (κ3) is 5.11. The third-order valence-electron chi connectivity index (χ3n) is 5.70.